The Bertz CT molecular complexity index is 369. The number of ether oxygens (including phenoxy) is 1. The molecule has 0 aromatic heterocycles. The lowest BCUT2D eigenvalue weighted by molar-refractivity contribution is -0.139. The highest BCUT2D eigenvalue weighted by Gasteiger charge is 2.37. The second-order valence-electron chi connectivity index (χ2n) is 4.95. The molecule has 1 aliphatic heterocycles. The smallest absolute Gasteiger partial charge is 0.407 e. The van der Waals surface area contributed by atoms with E-state index in [1.807, 2.05) is 13.8 Å². The number of carbonyl (C=O) groups excluding carboxylic acids is 2. The Labute approximate surface area is 111 Å². The molecule has 0 aromatic carbocycles. The third kappa shape index (κ3) is 3.92. The molecule has 1 fully saturated rings. The minimum atomic E-state index is -0.961. The molecule has 1 aliphatic rings. The van der Waals surface area contributed by atoms with E-state index in [4.69, 9.17) is 5.11 Å². The van der Waals surface area contributed by atoms with Gasteiger partial charge in [-0.05, 0) is 18.8 Å². The van der Waals surface area contributed by atoms with Gasteiger partial charge in [0.2, 0.25) is 0 Å². The lowest BCUT2D eigenvalue weighted by Gasteiger charge is -2.23. The molecule has 108 valence electrons. The van der Waals surface area contributed by atoms with Crippen molar-refractivity contribution in [2.24, 2.45) is 5.92 Å². The highest BCUT2D eigenvalue weighted by Crippen LogP contribution is 2.17. The summed E-state index contributed by atoms with van der Waals surface area (Å²) in [5, 5.41) is 14.1. The van der Waals surface area contributed by atoms with Crippen molar-refractivity contribution in [3.63, 3.8) is 0 Å². The maximum absolute atomic E-state index is 12.3. The normalized spacial score (nSPS) is 24.0. The van der Waals surface area contributed by atoms with Crippen LogP contribution in [0.4, 0.5) is 4.79 Å². The SMILES string of the molecule is COC(=O)NC(C(=O)C1CCC(C(=O)O)N1)C(C)C. The monoisotopic (exact) mass is 272 g/mol. The van der Waals surface area contributed by atoms with Crippen LogP contribution < -0.4 is 10.6 Å². The molecule has 1 heterocycles. The van der Waals surface area contributed by atoms with Crippen LogP contribution in [0.2, 0.25) is 0 Å². The number of methoxy groups -OCH3 is 1. The zero-order valence-electron chi connectivity index (χ0n) is 11.3. The third-order valence-electron chi connectivity index (χ3n) is 3.22. The number of aliphatic carboxylic acids is 1. The quantitative estimate of drug-likeness (QED) is 0.657. The van der Waals surface area contributed by atoms with E-state index in [0.29, 0.717) is 12.8 Å². The van der Waals surface area contributed by atoms with Crippen molar-refractivity contribution in [1.82, 2.24) is 10.6 Å². The molecule has 1 amide bonds. The first-order valence-corrected chi connectivity index (χ1v) is 6.23. The number of carboxylic acids is 1. The van der Waals surface area contributed by atoms with Crippen LogP contribution in [-0.4, -0.2) is 48.2 Å². The van der Waals surface area contributed by atoms with E-state index in [-0.39, 0.29) is 11.7 Å². The fourth-order valence-corrected chi connectivity index (χ4v) is 2.13. The van der Waals surface area contributed by atoms with Crippen molar-refractivity contribution in [3.8, 4) is 0 Å². The molecule has 0 saturated carbocycles. The number of amides is 1. The first kappa shape index (κ1) is 15.4. The van der Waals surface area contributed by atoms with Crippen molar-refractivity contribution in [2.75, 3.05) is 7.11 Å². The van der Waals surface area contributed by atoms with Gasteiger partial charge in [0.25, 0.3) is 0 Å². The van der Waals surface area contributed by atoms with E-state index in [9.17, 15) is 14.4 Å². The molecule has 7 heteroatoms. The number of hydrogen-bond acceptors (Lipinski definition) is 5. The zero-order chi connectivity index (χ0) is 14.6. The first-order valence-electron chi connectivity index (χ1n) is 6.23. The molecule has 3 N–H and O–H groups in total. The first-order chi connectivity index (χ1) is 8.86. The fraction of sp³-hybridized carbons (Fsp3) is 0.750. The second kappa shape index (κ2) is 6.51. The maximum Gasteiger partial charge on any atom is 0.407 e. The summed E-state index contributed by atoms with van der Waals surface area (Å²) in [6.45, 7) is 3.62. The Morgan fingerprint density at radius 2 is 1.84 bits per heavy atom. The Balaban J connectivity index is 2.68. The van der Waals surface area contributed by atoms with Gasteiger partial charge in [-0.25, -0.2) is 4.79 Å². The molecular weight excluding hydrogens is 252 g/mol. The van der Waals surface area contributed by atoms with Gasteiger partial charge in [-0.2, -0.15) is 0 Å². The summed E-state index contributed by atoms with van der Waals surface area (Å²) in [7, 11) is 1.23. The van der Waals surface area contributed by atoms with Crippen molar-refractivity contribution >= 4 is 17.8 Å². The van der Waals surface area contributed by atoms with Gasteiger partial charge in [-0.15, -0.1) is 0 Å². The summed E-state index contributed by atoms with van der Waals surface area (Å²) in [6, 6.07) is -1.91. The van der Waals surface area contributed by atoms with Gasteiger partial charge >= 0.3 is 12.1 Å². The topological polar surface area (TPSA) is 105 Å². The second-order valence-corrected chi connectivity index (χ2v) is 4.95. The molecule has 7 nitrogen and oxygen atoms in total. The number of rotatable bonds is 5. The van der Waals surface area contributed by atoms with Crippen LogP contribution in [0.25, 0.3) is 0 Å². The molecule has 0 bridgehead atoms. The van der Waals surface area contributed by atoms with Gasteiger partial charge in [-0.3, -0.25) is 14.9 Å². The summed E-state index contributed by atoms with van der Waals surface area (Å²) < 4.78 is 4.49. The van der Waals surface area contributed by atoms with Crippen molar-refractivity contribution < 1.29 is 24.2 Å². The van der Waals surface area contributed by atoms with E-state index < -0.39 is 30.2 Å². The number of hydrogen-bond donors (Lipinski definition) is 3. The van der Waals surface area contributed by atoms with Gasteiger partial charge < -0.3 is 15.2 Å². The van der Waals surface area contributed by atoms with Crippen LogP contribution in [-0.2, 0) is 14.3 Å². The lowest BCUT2D eigenvalue weighted by Crippen LogP contribution is -2.52. The zero-order valence-corrected chi connectivity index (χ0v) is 11.3. The average Bonchev–Trinajstić information content (AvgIpc) is 2.84. The highest BCUT2D eigenvalue weighted by atomic mass is 16.5. The van der Waals surface area contributed by atoms with Crippen LogP contribution in [0.15, 0.2) is 0 Å². The van der Waals surface area contributed by atoms with Crippen molar-refractivity contribution in [1.29, 1.82) is 0 Å². The van der Waals surface area contributed by atoms with Crippen molar-refractivity contribution in [2.45, 2.75) is 44.8 Å². The number of ketones is 1. The van der Waals surface area contributed by atoms with Gasteiger partial charge in [-0.1, -0.05) is 13.8 Å². The van der Waals surface area contributed by atoms with E-state index in [1.165, 1.54) is 7.11 Å². The van der Waals surface area contributed by atoms with Crippen molar-refractivity contribution in [3.05, 3.63) is 0 Å². The van der Waals surface area contributed by atoms with E-state index in [1.54, 1.807) is 0 Å². The van der Waals surface area contributed by atoms with Crippen LogP contribution in [0.3, 0.4) is 0 Å². The predicted octanol–water partition coefficient (Wildman–Crippen LogP) is 0.141. The van der Waals surface area contributed by atoms with Gasteiger partial charge in [0.05, 0.1) is 19.2 Å². The molecule has 1 saturated heterocycles. The molecule has 0 radical (unpaired) electrons. The summed E-state index contributed by atoms with van der Waals surface area (Å²) in [5.41, 5.74) is 0. The molecule has 3 unspecified atom stereocenters. The third-order valence-corrected chi connectivity index (χ3v) is 3.22. The number of alkyl carbamates (subject to hydrolysis) is 1. The molecule has 1 rings (SSSR count). The largest absolute Gasteiger partial charge is 0.480 e. The van der Waals surface area contributed by atoms with Crippen LogP contribution in [0.5, 0.6) is 0 Å². The Morgan fingerprint density at radius 3 is 2.26 bits per heavy atom. The Morgan fingerprint density at radius 1 is 1.26 bits per heavy atom. The predicted molar refractivity (Wildman–Crippen MR) is 66.8 cm³/mol. The summed E-state index contributed by atoms with van der Waals surface area (Å²) >= 11 is 0. The fourth-order valence-electron chi connectivity index (χ4n) is 2.13. The minimum absolute atomic E-state index is 0.0997. The van der Waals surface area contributed by atoms with E-state index in [0.717, 1.165) is 0 Å². The molecular formula is C12H20N2O5. The number of nitrogens with one attached hydrogen (secondary N) is 2. The van der Waals surface area contributed by atoms with E-state index >= 15 is 0 Å². The lowest BCUT2D eigenvalue weighted by atomic mass is 9.94. The number of carbonyl (C=O) groups is 3. The van der Waals surface area contributed by atoms with E-state index in [2.05, 4.69) is 15.4 Å². The summed E-state index contributed by atoms with van der Waals surface area (Å²) in [6.07, 6.45) is 0.205. The maximum atomic E-state index is 12.3. The number of Topliss-reactive ketones (excluding diaryl/α,β-unsaturated/α-hetero) is 1. The Kier molecular flexibility index (Phi) is 5.29. The summed E-state index contributed by atoms with van der Waals surface area (Å²) in [5.74, 6) is -1.27. The van der Waals surface area contributed by atoms with Gasteiger partial charge in [0, 0.05) is 0 Å². The Hall–Kier alpha value is -1.63. The molecule has 3 atom stereocenters. The molecule has 19 heavy (non-hydrogen) atoms. The van der Waals surface area contributed by atoms with Crippen LogP contribution in [0, 0.1) is 5.92 Å². The molecule has 0 spiro atoms. The standard InChI is InChI=1S/C12H20N2O5/c1-6(2)9(14-12(18)19-3)10(15)7-4-5-8(13-7)11(16)17/h6-9,13H,4-5H2,1-3H3,(H,14,18)(H,16,17). The summed E-state index contributed by atoms with van der Waals surface area (Å²) in [4.78, 5) is 34.3. The van der Waals surface area contributed by atoms with Crippen LogP contribution >= 0.6 is 0 Å². The molecule has 0 aliphatic carbocycles. The minimum Gasteiger partial charge on any atom is -0.480 e. The highest BCUT2D eigenvalue weighted by molar-refractivity contribution is 5.92. The van der Waals surface area contributed by atoms with Crippen LogP contribution in [0.1, 0.15) is 26.7 Å². The average molecular weight is 272 g/mol. The molecule has 0 aromatic rings. The van der Waals surface area contributed by atoms with Gasteiger partial charge in [0.1, 0.15) is 6.04 Å². The van der Waals surface area contributed by atoms with Gasteiger partial charge in [0.15, 0.2) is 5.78 Å². The number of carboxylic acid groups (broad SMARTS) is 1.